The van der Waals surface area contributed by atoms with Gasteiger partial charge in [-0.05, 0) is 85.6 Å². The zero-order valence-corrected chi connectivity index (χ0v) is 22.1. The molecule has 0 fully saturated rings. The molecule has 3 N–H and O–H groups in total. The zero-order valence-electron chi connectivity index (χ0n) is 22.1. The average molecular weight is 497 g/mol. The summed E-state index contributed by atoms with van der Waals surface area (Å²) in [4.78, 5) is 17.7. The molecule has 37 heavy (non-hydrogen) atoms. The summed E-state index contributed by atoms with van der Waals surface area (Å²) in [6.07, 6.45) is 8.45. The van der Waals surface area contributed by atoms with Gasteiger partial charge in [-0.15, -0.1) is 0 Å². The quantitative estimate of drug-likeness (QED) is 0.167. The van der Waals surface area contributed by atoms with Crippen molar-refractivity contribution in [1.29, 1.82) is 0 Å². The summed E-state index contributed by atoms with van der Waals surface area (Å²) in [5.74, 6) is -0.523. The molecule has 0 saturated carbocycles. The summed E-state index contributed by atoms with van der Waals surface area (Å²) in [7, 11) is 2.13. The summed E-state index contributed by atoms with van der Waals surface area (Å²) in [6, 6.07) is 15.4. The Morgan fingerprint density at radius 2 is 2.00 bits per heavy atom. The van der Waals surface area contributed by atoms with Gasteiger partial charge in [-0.25, -0.2) is 5.48 Å². The number of hydrogen-bond acceptors (Lipinski definition) is 3. The molecule has 0 aliphatic heterocycles. The number of para-hydroxylation sites is 1. The van der Waals surface area contributed by atoms with Crippen molar-refractivity contribution >= 4 is 22.9 Å². The van der Waals surface area contributed by atoms with Gasteiger partial charge in [0.05, 0.1) is 0 Å². The lowest BCUT2D eigenvalue weighted by Crippen LogP contribution is -2.30. The molecule has 1 unspecified atom stereocenters. The minimum absolute atomic E-state index is 0.340. The second-order valence-corrected chi connectivity index (χ2v) is 10.3. The number of aromatic amines is 1. The maximum atomic E-state index is 11.4. The van der Waals surface area contributed by atoms with E-state index in [0.29, 0.717) is 6.04 Å². The van der Waals surface area contributed by atoms with E-state index in [0.717, 1.165) is 37.9 Å². The number of fused-ring (bicyclic) bond motifs is 2. The number of hydroxylamine groups is 1. The lowest BCUT2D eigenvalue weighted by Gasteiger charge is -2.30. The highest BCUT2D eigenvalue weighted by Crippen LogP contribution is 2.38. The summed E-state index contributed by atoms with van der Waals surface area (Å²) >= 11 is 0. The highest BCUT2D eigenvalue weighted by atomic mass is 16.5. The molecule has 0 spiro atoms. The number of rotatable bonds is 8. The Morgan fingerprint density at radius 3 is 2.76 bits per heavy atom. The molecule has 0 saturated heterocycles. The van der Waals surface area contributed by atoms with Crippen molar-refractivity contribution in [2.24, 2.45) is 7.05 Å². The van der Waals surface area contributed by atoms with Crippen LogP contribution in [0.2, 0.25) is 0 Å². The summed E-state index contributed by atoms with van der Waals surface area (Å²) in [6.45, 7) is 8.42. The van der Waals surface area contributed by atoms with Gasteiger partial charge in [-0.3, -0.25) is 14.9 Å². The summed E-state index contributed by atoms with van der Waals surface area (Å²) in [5, 5.41) is 10.1. The van der Waals surface area contributed by atoms with E-state index < -0.39 is 5.91 Å². The van der Waals surface area contributed by atoms with Crippen LogP contribution < -0.4 is 5.48 Å². The normalized spacial score (nSPS) is 15.2. The van der Waals surface area contributed by atoms with Gasteiger partial charge in [0.15, 0.2) is 0 Å². The molecule has 4 aromatic rings. The van der Waals surface area contributed by atoms with E-state index in [-0.39, 0.29) is 0 Å². The van der Waals surface area contributed by atoms with E-state index in [9.17, 15) is 4.79 Å². The number of aryl methyl sites for hydroxylation is 3. The zero-order chi connectivity index (χ0) is 26.1. The number of aromatic nitrogens is 2. The number of carbonyl (C=O) groups is 1. The first-order valence-electron chi connectivity index (χ1n) is 13.0. The Labute approximate surface area is 218 Å². The molecule has 2 aromatic carbocycles. The molecule has 1 amide bonds. The van der Waals surface area contributed by atoms with Crippen molar-refractivity contribution < 1.29 is 10.0 Å². The van der Waals surface area contributed by atoms with Crippen LogP contribution in [-0.4, -0.2) is 32.1 Å². The van der Waals surface area contributed by atoms with E-state index in [1.807, 2.05) is 0 Å². The van der Waals surface area contributed by atoms with Crippen LogP contribution >= 0.6 is 0 Å². The summed E-state index contributed by atoms with van der Waals surface area (Å²) < 4.78 is 2.23. The maximum Gasteiger partial charge on any atom is 0.267 e. The number of nitrogens with one attached hydrogen (secondary N) is 2. The molecular weight excluding hydrogens is 460 g/mol. The fourth-order valence-corrected chi connectivity index (χ4v) is 5.82. The Balaban J connectivity index is 1.43. The van der Waals surface area contributed by atoms with Crippen LogP contribution in [0.25, 0.3) is 17.0 Å². The molecule has 1 atom stereocenters. The van der Waals surface area contributed by atoms with Crippen LogP contribution in [0.4, 0.5) is 0 Å². The third kappa shape index (κ3) is 4.99. The van der Waals surface area contributed by atoms with Gasteiger partial charge < -0.3 is 9.55 Å². The van der Waals surface area contributed by atoms with E-state index in [4.69, 9.17) is 5.21 Å². The number of carbonyl (C=O) groups excluding carboxylic acids is 1. The van der Waals surface area contributed by atoms with Crippen LogP contribution in [0.3, 0.4) is 0 Å². The Kier molecular flexibility index (Phi) is 7.04. The van der Waals surface area contributed by atoms with Gasteiger partial charge in [0, 0.05) is 60.7 Å². The van der Waals surface area contributed by atoms with E-state index in [1.54, 1.807) is 11.6 Å². The summed E-state index contributed by atoms with van der Waals surface area (Å²) in [5.41, 5.74) is 13.2. The molecular formula is C31H36N4O2. The SMILES string of the molecule is Cc1[nH]c(CN(CCc2cn(C)c3ccccc23)C2CCc3cc(/C=C/C(=O)NO)ccc32)c(C)c1C. The molecule has 1 aliphatic carbocycles. The fraction of sp³-hybridized carbons (Fsp3) is 0.323. The predicted molar refractivity (Wildman–Crippen MR) is 149 cm³/mol. The van der Waals surface area contributed by atoms with Crippen molar-refractivity contribution in [2.75, 3.05) is 6.54 Å². The first kappa shape index (κ1) is 25.1. The largest absolute Gasteiger partial charge is 0.361 e. The van der Waals surface area contributed by atoms with E-state index in [2.05, 4.69) is 90.9 Å². The first-order chi connectivity index (χ1) is 17.9. The topological polar surface area (TPSA) is 73.3 Å². The Bertz CT molecular complexity index is 1480. The molecule has 6 heteroatoms. The van der Waals surface area contributed by atoms with Crippen LogP contribution in [0.15, 0.2) is 54.7 Å². The number of hydrogen-bond donors (Lipinski definition) is 3. The number of H-pyrrole nitrogens is 1. The van der Waals surface area contributed by atoms with E-state index >= 15 is 0 Å². The van der Waals surface area contributed by atoms with Gasteiger partial charge in [0.25, 0.3) is 5.91 Å². The first-order valence-corrected chi connectivity index (χ1v) is 13.0. The molecule has 0 bridgehead atoms. The molecule has 192 valence electrons. The minimum Gasteiger partial charge on any atom is -0.361 e. The lowest BCUT2D eigenvalue weighted by atomic mass is 10.0. The van der Waals surface area contributed by atoms with Gasteiger partial charge >= 0.3 is 0 Å². The Morgan fingerprint density at radius 1 is 1.19 bits per heavy atom. The van der Waals surface area contributed by atoms with Crippen LogP contribution in [0, 0.1) is 20.8 Å². The fourth-order valence-electron chi connectivity index (χ4n) is 5.82. The predicted octanol–water partition coefficient (Wildman–Crippen LogP) is 5.68. The molecule has 2 aromatic heterocycles. The van der Waals surface area contributed by atoms with Crippen molar-refractivity contribution in [1.82, 2.24) is 19.9 Å². The molecule has 1 aliphatic rings. The van der Waals surface area contributed by atoms with Crippen LogP contribution in [-0.2, 0) is 31.2 Å². The molecule has 2 heterocycles. The van der Waals surface area contributed by atoms with Gasteiger partial charge in [0.2, 0.25) is 0 Å². The molecule has 5 rings (SSSR count). The monoisotopic (exact) mass is 496 g/mol. The van der Waals surface area contributed by atoms with Gasteiger partial charge in [-0.1, -0.05) is 36.4 Å². The van der Waals surface area contributed by atoms with Crippen LogP contribution in [0.5, 0.6) is 0 Å². The maximum absolute atomic E-state index is 11.4. The third-order valence-electron chi connectivity index (χ3n) is 8.12. The van der Waals surface area contributed by atoms with Crippen molar-refractivity contribution in [3.63, 3.8) is 0 Å². The lowest BCUT2D eigenvalue weighted by molar-refractivity contribution is -0.124. The number of nitrogens with zero attached hydrogens (tertiary/aromatic N) is 2. The third-order valence-corrected chi connectivity index (χ3v) is 8.12. The van der Waals surface area contributed by atoms with Crippen molar-refractivity contribution in [2.45, 2.75) is 52.6 Å². The highest BCUT2D eigenvalue weighted by molar-refractivity contribution is 5.90. The van der Waals surface area contributed by atoms with E-state index in [1.165, 1.54) is 56.2 Å². The van der Waals surface area contributed by atoms with Crippen molar-refractivity contribution in [3.8, 4) is 0 Å². The smallest absolute Gasteiger partial charge is 0.267 e. The highest BCUT2D eigenvalue weighted by Gasteiger charge is 2.29. The van der Waals surface area contributed by atoms with Gasteiger partial charge in [0.1, 0.15) is 0 Å². The Hall–Kier alpha value is -3.61. The van der Waals surface area contributed by atoms with Crippen LogP contribution in [0.1, 0.15) is 57.2 Å². The standard InChI is InChI=1S/C31H36N4O2/c1-20-21(2)28(32-22(20)3)19-35(16-15-25-18-34(4)29-8-6-5-7-26(25)29)30-13-11-24-17-23(9-12-27(24)30)10-14-31(36)33-37/h5-10,12,14,17-18,30,32,37H,11,13,15-16,19H2,1-4H3,(H,33,36)/b14-10+. The second-order valence-electron chi connectivity index (χ2n) is 10.3. The molecule has 0 radical (unpaired) electrons. The van der Waals surface area contributed by atoms with Crippen molar-refractivity contribution in [3.05, 3.63) is 99.5 Å². The number of amides is 1. The second kappa shape index (κ2) is 10.4. The molecule has 6 nitrogen and oxygen atoms in total. The number of benzene rings is 2. The average Bonchev–Trinajstić information content (AvgIpc) is 3.55. The minimum atomic E-state index is -0.523. The van der Waals surface area contributed by atoms with Gasteiger partial charge in [-0.2, -0.15) is 0 Å².